The molecule has 3 unspecified atom stereocenters. The van der Waals surface area contributed by atoms with Crippen LogP contribution < -0.4 is 0 Å². The van der Waals surface area contributed by atoms with E-state index in [0.29, 0.717) is 5.92 Å². The molecule has 0 aliphatic carbocycles. The molecule has 0 heterocycles. The summed E-state index contributed by atoms with van der Waals surface area (Å²) in [5.74, 6) is 0.261. The summed E-state index contributed by atoms with van der Waals surface area (Å²) < 4.78 is 25.4. The van der Waals surface area contributed by atoms with Crippen LogP contribution in [0.25, 0.3) is 0 Å². The molecule has 0 amide bonds. The van der Waals surface area contributed by atoms with E-state index < -0.39 is 12.3 Å². The van der Waals surface area contributed by atoms with E-state index in [1.807, 2.05) is 20.8 Å². The summed E-state index contributed by atoms with van der Waals surface area (Å²) in [6.45, 7) is 7.15. The molecule has 0 N–H and O–H groups in total. The molecule has 0 saturated heterocycles. The van der Waals surface area contributed by atoms with E-state index >= 15 is 0 Å². The highest BCUT2D eigenvalue weighted by molar-refractivity contribution is 4.70. The molecule has 0 aromatic rings. The third-order valence-corrected chi connectivity index (χ3v) is 2.17. The molecule has 68 valence electrons. The first-order valence-electron chi connectivity index (χ1n) is 4.23. The number of halogens is 2. The highest BCUT2D eigenvalue weighted by Crippen LogP contribution is 2.21. The van der Waals surface area contributed by atoms with Crippen molar-refractivity contribution in [1.29, 1.82) is 0 Å². The Kier molecular flexibility index (Phi) is 4.62. The van der Waals surface area contributed by atoms with Gasteiger partial charge in [0.15, 0.2) is 0 Å². The van der Waals surface area contributed by atoms with Crippen LogP contribution in [0, 0.1) is 11.8 Å². The SMILES string of the molecule is CC(F)CC(F)C(C)C(C)C. The zero-order valence-electron chi connectivity index (χ0n) is 7.77. The zero-order valence-corrected chi connectivity index (χ0v) is 7.77. The van der Waals surface area contributed by atoms with Crippen LogP contribution in [-0.2, 0) is 0 Å². The molecule has 0 aromatic heterocycles. The predicted octanol–water partition coefficient (Wildman–Crippen LogP) is 3.36. The number of alkyl halides is 2. The second-order valence-corrected chi connectivity index (χ2v) is 3.64. The first-order chi connectivity index (χ1) is 4.95. The fourth-order valence-corrected chi connectivity index (χ4v) is 0.943. The van der Waals surface area contributed by atoms with E-state index in [-0.39, 0.29) is 12.3 Å². The van der Waals surface area contributed by atoms with E-state index in [1.165, 1.54) is 6.92 Å². The van der Waals surface area contributed by atoms with Crippen molar-refractivity contribution < 1.29 is 8.78 Å². The molecule has 2 heteroatoms. The molecule has 0 fully saturated rings. The van der Waals surface area contributed by atoms with Crippen molar-refractivity contribution in [3.8, 4) is 0 Å². The van der Waals surface area contributed by atoms with Crippen LogP contribution in [0.1, 0.15) is 34.1 Å². The van der Waals surface area contributed by atoms with Gasteiger partial charge in [-0.3, -0.25) is 0 Å². The van der Waals surface area contributed by atoms with Gasteiger partial charge in [-0.15, -0.1) is 0 Å². The molecular weight excluding hydrogens is 146 g/mol. The fourth-order valence-electron chi connectivity index (χ4n) is 0.943. The lowest BCUT2D eigenvalue weighted by Crippen LogP contribution is -2.20. The number of rotatable bonds is 4. The van der Waals surface area contributed by atoms with Crippen molar-refractivity contribution in [3.63, 3.8) is 0 Å². The molecule has 0 aliphatic rings. The number of hydrogen-bond acceptors (Lipinski definition) is 0. The molecule has 0 aromatic carbocycles. The van der Waals surface area contributed by atoms with Crippen LogP contribution in [0.3, 0.4) is 0 Å². The summed E-state index contributed by atoms with van der Waals surface area (Å²) in [5.41, 5.74) is 0. The van der Waals surface area contributed by atoms with Gasteiger partial charge in [-0.2, -0.15) is 0 Å². The third-order valence-electron chi connectivity index (χ3n) is 2.17. The van der Waals surface area contributed by atoms with E-state index in [2.05, 4.69) is 0 Å². The average Bonchev–Trinajstić information content (AvgIpc) is 1.84. The van der Waals surface area contributed by atoms with Gasteiger partial charge < -0.3 is 0 Å². The normalized spacial score (nSPS) is 19.9. The molecule has 0 rings (SSSR count). The Hall–Kier alpha value is -0.140. The highest BCUT2D eigenvalue weighted by Gasteiger charge is 2.21. The standard InChI is InChI=1S/C9H18F2/c1-6(2)8(4)9(11)5-7(3)10/h6-9H,5H2,1-4H3. The van der Waals surface area contributed by atoms with E-state index in [1.54, 1.807) is 0 Å². The van der Waals surface area contributed by atoms with Crippen molar-refractivity contribution in [1.82, 2.24) is 0 Å². The van der Waals surface area contributed by atoms with Gasteiger partial charge in [-0.05, 0) is 18.8 Å². The minimum atomic E-state index is -1.02. The minimum Gasteiger partial charge on any atom is -0.248 e. The molecule has 0 spiro atoms. The summed E-state index contributed by atoms with van der Waals surface area (Å²) in [7, 11) is 0. The molecule has 0 radical (unpaired) electrons. The van der Waals surface area contributed by atoms with Crippen LogP contribution in [0.5, 0.6) is 0 Å². The summed E-state index contributed by atoms with van der Waals surface area (Å²) in [4.78, 5) is 0. The van der Waals surface area contributed by atoms with Crippen molar-refractivity contribution >= 4 is 0 Å². The van der Waals surface area contributed by atoms with Crippen LogP contribution >= 0.6 is 0 Å². The summed E-state index contributed by atoms with van der Waals surface area (Å²) in [6.07, 6.45) is -1.97. The monoisotopic (exact) mass is 164 g/mol. The van der Waals surface area contributed by atoms with Gasteiger partial charge in [0.2, 0.25) is 0 Å². The first kappa shape index (κ1) is 10.9. The minimum absolute atomic E-state index is 0.0341. The molecule has 0 nitrogen and oxygen atoms in total. The van der Waals surface area contributed by atoms with Gasteiger partial charge in [0.25, 0.3) is 0 Å². The lowest BCUT2D eigenvalue weighted by atomic mass is 9.91. The maximum absolute atomic E-state index is 13.1. The van der Waals surface area contributed by atoms with Crippen molar-refractivity contribution in [2.24, 2.45) is 11.8 Å². The third kappa shape index (κ3) is 4.33. The first-order valence-corrected chi connectivity index (χ1v) is 4.23. The Morgan fingerprint density at radius 3 is 1.73 bits per heavy atom. The van der Waals surface area contributed by atoms with Crippen molar-refractivity contribution in [2.45, 2.75) is 46.5 Å². The quantitative estimate of drug-likeness (QED) is 0.597. The Balaban J connectivity index is 3.73. The fraction of sp³-hybridized carbons (Fsp3) is 1.00. The average molecular weight is 164 g/mol. The van der Waals surface area contributed by atoms with Crippen LogP contribution in [0.2, 0.25) is 0 Å². The van der Waals surface area contributed by atoms with Gasteiger partial charge in [-0.1, -0.05) is 20.8 Å². The van der Waals surface area contributed by atoms with Gasteiger partial charge in [0, 0.05) is 6.42 Å². The van der Waals surface area contributed by atoms with E-state index in [9.17, 15) is 8.78 Å². The van der Waals surface area contributed by atoms with Crippen LogP contribution in [0.15, 0.2) is 0 Å². The Labute approximate surface area is 68.0 Å². The Bertz CT molecular complexity index is 99.7. The second-order valence-electron chi connectivity index (χ2n) is 3.64. The topological polar surface area (TPSA) is 0 Å². The molecule has 0 aliphatic heterocycles. The summed E-state index contributed by atoms with van der Waals surface area (Å²) in [6, 6.07) is 0. The van der Waals surface area contributed by atoms with Gasteiger partial charge in [-0.25, -0.2) is 8.78 Å². The van der Waals surface area contributed by atoms with Crippen molar-refractivity contribution in [2.75, 3.05) is 0 Å². The van der Waals surface area contributed by atoms with Crippen LogP contribution in [-0.4, -0.2) is 12.3 Å². The molecular formula is C9H18F2. The van der Waals surface area contributed by atoms with Crippen LogP contribution in [0.4, 0.5) is 8.78 Å². The van der Waals surface area contributed by atoms with Gasteiger partial charge in [0.05, 0.1) is 0 Å². The Morgan fingerprint density at radius 2 is 1.45 bits per heavy atom. The lowest BCUT2D eigenvalue weighted by molar-refractivity contribution is 0.149. The summed E-state index contributed by atoms with van der Waals surface area (Å²) in [5, 5.41) is 0. The molecule has 11 heavy (non-hydrogen) atoms. The summed E-state index contributed by atoms with van der Waals surface area (Å²) >= 11 is 0. The highest BCUT2D eigenvalue weighted by atomic mass is 19.1. The smallest absolute Gasteiger partial charge is 0.106 e. The maximum atomic E-state index is 13.1. The molecule has 3 atom stereocenters. The second kappa shape index (κ2) is 4.68. The Morgan fingerprint density at radius 1 is 1.00 bits per heavy atom. The van der Waals surface area contributed by atoms with E-state index in [0.717, 1.165) is 0 Å². The lowest BCUT2D eigenvalue weighted by Gasteiger charge is -2.20. The molecule has 0 bridgehead atoms. The van der Waals surface area contributed by atoms with Gasteiger partial charge in [0.1, 0.15) is 12.3 Å². The maximum Gasteiger partial charge on any atom is 0.106 e. The zero-order chi connectivity index (χ0) is 9.02. The van der Waals surface area contributed by atoms with Gasteiger partial charge >= 0.3 is 0 Å². The van der Waals surface area contributed by atoms with Crippen molar-refractivity contribution in [3.05, 3.63) is 0 Å². The largest absolute Gasteiger partial charge is 0.248 e. The molecule has 0 saturated carbocycles. The van der Waals surface area contributed by atoms with E-state index in [4.69, 9.17) is 0 Å². The predicted molar refractivity (Wildman–Crippen MR) is 44.1 cm³/mol. The number of hydrogen-bond donors (Lipinski definition) is 0.